The predicted molar refractivity (Wildman–Crippen MR) is 120 cm³/mol. The molecule has 0 saturated carbocycles. The van der Waals surface area contributed by atoms with E-state index in [0.717, 1.165) is 11.1 Å². The van der Waals surface area contributed by atoms with Crippen LogP contribution in [0, 0.1) is 12.7 Å². The van der Waals surface area contributed by atoms with Gasteiger partial charge in [-0.15, -0.1) is 0 Å². The van der Waals surface area contributed by atoms with Crippen LogP contribution in [0.4, 0.5) is 16.0 Å². The second-order valence-electron chi connectivity index (χ2n) is 6.95. The number of nitrogens with one attached hydrogen (secondary N) is 2. The maximum Gasteiger partial charge on any atom is 0.263 e. The van der Waals surface area contributed by atoms with E-state index in [1.54, 1.807) is 18.2 Å². The summed E-state index contributed by atoms with van der Waals surface area (Å²) in [4.78, 5) is 9.08. The van der Waals surface area contributed by atoms with E-state index >= 15 is 0 Å². The molecule has 9 heteroatoms. The maximum atomic E-state index is 13.2. The molecule has 0 unspecified atom stereocenters. The summed E-state index contributed by atoms with van der Waals surface area (Å²) in [5.74, 6) is -0.00508. The monoisotopic (exact) mass is 456 g/mol. The van der Waals surface area contributed by atoms with Crippen molar-refractivity contribution >= 4 is 44.3 Å². The molecule has 31 heavy (non-hydrogen) atoms. The summed E-state index contributed by atoms with van der Waals surface area (Å²) in [5, 5.41) is 3.53. The first-order chi connectivity index (χ1) is 14.8. The first-order valence-electron chi connectivity index (χ1n) is 9.35. The fourth-order valence-electron chi connectivity index (χ4n) is 2.95. The highest BCUT2D eigenvalue weighted by atomic mass is 35.5. The number of aromatic nitrogens is 2. The molecule has 0 aliphatic carbocycles. The Balaban J connectivity index is 1.71. The molecule has 4 rings (SSSR count). The predicted octanol–water partition coefficient (Wildman–Crippen LogP) is 5.14. The average Bonchev–Trinajstić information content (AvgIpc) is 2.73. The van der Waals surface area contributed by atoms with Crippen molar-refractivity contribution in [3.05, 3.63) is 88.7 Å². The van der Waals surface area contributed by atoms with Gasteiger partial charge in [0.2, 0.25) is 0 Å². The van der Waals surface area contributed by atoms with Gasteiger partial charge in [0.05, 0.1) is 15.9 Å². The Bertz CT molecular complexity index is 1340. The Morgan fingerprint density at radius 2 is 1.58 bits per heavy atom. The maximum absolute atomic E-state index is 13.2. The number of benzene rings is 3. The van der Waals surface area contributed by atoms with Gasteiger partial charge in [-0.25, -0.2) is 22.8 Å². The van der Waals surface area contributed by atoms with Gasteiger partial charge < -0.3 is 5.32 Å². The third-order valence-electron chi connectivity index (χ3n) is 4.55. The van der Waals surface area contributed by atoms with Gasteiger partial charge in [-0.1, -0.05) is 29.8 Å². The van der Waals surface area contributed by atoms with E-state index in [4.69, 9.17) is 11.6 Å². The number of nitrogens with zero attached hydrogens (tertiary/aromatic N) is 2. The van der Waals surface area contributed by atoms with E-state index in [-0.39, 0.29) is 22.3 Å². The number of hydrogen-bond acceptors (Lipinski definition) is 5. The lowest BCUT2D eigenvalue weighted by atomic mass is 10.2. The van der Waals surface area contributed by atoms with Crippen LogP contribution in [0.2, 0.25) is 5.02 Å². The largest absolute Gasteiger partial charge is 0.363 e. The summed E-state index contributed by atoms with van der Waals surface area (Å²) < 4.78 is 41.4. The van der Waals surface area contributed by atoms with Gasteiger partial charge >= 0.3 is 0 Å². The van der Waals surface area contributed by atoms with Crippen LogP contribution in [0.25, 0.3) is 11.0 Å². The Hall–Kier alpha value is -3.23. The molecule has 0 saturated heterocycles. The third kappa shape index (κ3) is 4.92. The molecular formula is C22H18ClFN4O2S. The van der Waals surface area contributed by atoms with Crippen molar-refractivity contribution in [2.45, 2.75) is 18.4 Å². The molecule has 0 atom stereocenters. The minimum atomic E-state index is -3.92. The van der Waals surface area contributed by atoms with Crippen molar-refractivity contribution < 1.29 is 12.8 Å². The van der Waals surface area contributed by atoms with Gasteiger partial charge in [0.1, 0.15) is 5.82 Å². The number of fused-ring (bicyclic) bond motifs is 1. The Morgan fingerprint density at radius 1 is 0.903 bits per heavy atom. The van der Waals surface area contributed by atoms with E-state index in [9.17, 15) is 12.8 Å². The molecule has 0 bridgehead atoms. The number of rotatable bonds is 6. The summed E-state index contributed by atoms with van der Waals surface area (Å²) >= 11 is 5.86. The van der Waals surface area contributed by atoms with Crippen molar-refractivity contribution in [3.63, 3.8) is 0 Å². The molecule has 0 aliphatic rings. The molecule has 6 nitrogen and oxygen atoms in total. The first kappa shape index (κ1) is 21.0. The fourth-order valence-corrected chi connectivity index (χ4v) is 4.08. The summed E-state index contributed by atoms with van der Waals surface area (Å²) in [7, 11) is -3.92. The minimum absolute atomic E-state index is 0.0483. The number of halogens is 2. The molecule has 0 spiro atoms. The van der Waals surface area contributed by atoms with E-state index in [1.807, 2.05) is 19.1 Å². The molecule has 2 N–H and O–H groups in total. The summed E-state index contributed by atoms with van der Waals surface area (Å²) in [6.07, 6.45) is 0. The molecular weight excluding hydrogens is 439 g/mol. The van der Waals surface area contributed by atoms with Crippen LogP contribution < -0.4 is 10.0 Å². The zero-order valence-electron chi connectivity index (χ0n) is 16.4. The second-order valence-corrected chi connectivity index (χ2v) is 9.07. The van der Waals surface area contributed by atoms with Crippen LogP contribution in [0.5, 0.6) is 0 Å². The molecule has 1 heterocycles. The molecule has 3 aromatic carbocycles. The van der Waals surface area contributed by atoms with Crippen molar-refractivity contribution in [2.75, 3.05) is 10.0 Å². The van der Waals surface area contributed by atoms with E-state index in [2.05, 4.69) is 20.0 Å². The molecule has 4 aromatic rings. The van der Waals surface area contributed by atoms with Crippen LogP contribution in [-0.2, 0) is 16.6 Å². The van der Waals surface area contributed by atoms with Crippen molar-refractivity contribution in [3.8, 4) is 0 Å². The number of aryl methyl sites for hydroxylation is 1. The van der Waals surface area contributed by atoms with Gasteiger partial charge in [-0.2, -0.15) is 0 Å². The Morgan fingerprint density at radius 3 is 2.29 bits per heavy atom. The van der Waals surface area contributed by atoms with Crippen molar-refractivity contribution in [1.29, 1.82) is 0 Å². The molecule has 158 valence electrons. The van der Waals surface area contributed by atoms with Gasteiger partial charge in [0.25, 0.3) is 10.0 Å². The van der Waals surface area contributed by atoms with Crippen LogP contribution in [-0.4, -0.2) is 18.4 Å². The Labute approximate surface area is 184 Å². The normalized spacial score (nSPS) is 11.5. The zero-order chi connectivity index (χ0) is 22.0. The average molecular weight is 457 g/mol. The standard InChI is InChI=1S/C22H18ClFN4O2S/c1-14-2-11-19-20(12-14)27-21(25-13-15-3-7-17(24)8-4-15)22(26-19)28-31(29,30)18-9-5-16(23)6-10-18/h2-12H,13H2,1H3,(H,25,27)(H,26,28). The lowest BCUT2D eigenvalue weighted by molar-refractivity contribution is 0.601. The highest BCUT2D eigenvalue weighted by Gasteiger charge is 2.19. The third-order valence-corrected chi connectivity index (χ3v) is 6.15. The lowest BCUT2D eigenvalue weighted by Gasteiger charge is -2.14. The van der Waals surface area contributed by atoms with Crippen LogP contribution in [0.3, 0.4) is 0 Å². The highest BCUT2D eigenvalue weighted by molar-refractivity contribution is 7.92. The first-order valence-corrected chi connectivity index (χ1v) is 11.2. The van der Waals surface area contributed by atoms with Gasteiger partial charge in [-0.3, -0.25) is 4.72 Å². The number of sulfonamides is 1. The highest BCUT2D eigenvalue weighted by Crippen LogP contribution is 2.26. The summed E-state index contributed by atoms with van der Waals surface area (Å²) in [5.41, 5.74) is 2.97. The SMILES string of the molecule is Cc1ccc2nc(NS(=O)(=O)c3ccc(Cl)cc3)c(NCc3ccc(F)cc3)nc2c1. The van der Waals surface area contributed by atoms with Gasteiger partial charge in [0.15, 0.2) is 11.6 Å². The van der Waals surface area contributed by atoms with Crippen molar-refractivity contribution in [2.24, 2.45) is 0 Å². The zero-order valence-corrected chi connectivity index (χ0v) is 18.0. The summed E-state index contributed by atoms with van der Waals surface area (Å²) in [6, 6.07) is 17.3. The molecule has 0 aliphatic heterocycles. The van der Waals surface area contributed by atoms with E-state index in [1.165, 1.54) is 36.4 Å². The Kier molecular flexibility index (Phi) is 5.75. The lowest BCUT2D eigenvalue weighted by Crippen LogP contribution is -2.16. The van der Waals surface area contributed by atoms with E-state index in [0.29, 0.717) is 22.6 Å². The van der Waals surface area contributed by atoms with Crippen LogP contribution in [0.1, 0.15) is 11.1 Å². The summed E-state index contributed by atoms with van der Waals surface area (Å²) in [6.45, 7) is 2.24. The van der Waals surface area contributed by atoms with E-state index < -0.39 is 10.0 Å². The molecule has 1 aromatic heterocycles. The second kappa shape index (κ2) is 8.49. The van der Waals surface area contributed by atoms with Crippen LogP contribution in [0.15, 0.2) is 71.6 Å². The smallest absolute Gasteiger partial charge is 0.263 e. The van der Waals surface area contributed by atoms with Crippen molar-refractivity contribution in [1.82, 2.24) is 9.97 Å². The quantitative estimate of drug-likeness (QED) is 0.419. The number of anilines is 2. The molecule has 0 radical (unpaired) electrons. The van der Waals surface area contributed by atoms with Crippen LogP contribution >= 0.6 is 11.6 Å². The number of hydrogen-bond donors (Lipinski definition) is 2. The van der Waals surface area contributed by atoms with Gasteiger partial charge in [0, 0.05) is 11.6 Å². The minimum Gasteiger partial charge on any atom is -0.363 e. The van der Waals surface area contributed by atoms with Gasteiger partial charge in [-0.05, 0) is 66.6 Å². The topological polar surface area (TPSA) is 84.0 Å². The fraction of sp³-hybridized carbons (Fsp3) is 0.0909. The molecule has 0 amide bonds. The molecule has 0 fully saturated rings.